The van der Waals surface area contributed by atoms with Crippen LogP contribution in [0.2, 0.25) is 0 Å². The first-order chi connectivity index (χ1) is 61.5. The number of aryl methyl sites for hydroxylation is 5. The van der Waals surface area contributed by atoms with Crippen molar-refractivity contribution >= 4 is 70.5 Å². The summed E-state index contributed by atoms with van der Waals surface area (Å²) in [6.07, 6.45) is -7.42. The fraction of sp³-hybridized carbons (Fsp3) is 0.269. The van der Waals surface area contributed by atoms with Crippen LogP contribution in [0.1, 0.15) is 193 Å². The smallest absolute Gasteiger partial charge is 0.383 e. The molecule has 13 rings (SSSR count). The Bertz CT molecular complexity index is 6140. The fourth-order valence-electron chi connectivity index (χ4n) is 14.0. The van der Waals surface area contributed by atoms with E-state index in [9.17, 15) is 73.5 Å². The van der Waals surface area contributed by atoms with Crippen molar-refractivity contribution in [3.05, 3.63) is 282 Å². The first-order valence-electron chi connectivity index (χ1n) is 41.0. The molecular formula is C93H100F8N20O9. The summed E-state index contributed by atoms with van der Waals surface area (Å²) in [7, 11) is 0. The Morgan fingerprint density at radius 1 is 0.415 bits per heavy atom. The summed E-state index contributed by atoms with van der Waals surface area (Å²) in [6.45, 7) is 18.1. The third kappa shape index (κ3) is 23.8. The van der Waals surface area contributed by atoms with Gasteiger partial charge in [0.25, 0.3) is 53.7 Å². The molecule has 5 heterocycles. The first-order valence-corrected chi connectivity index (χ1v) is 41.0. The van der Waals surface area contributed by atoms with E-state index in [1.165, 1.54) is 49.4 Å². The minimum Gasteiger partial charge on any atom is -0.383 e. The highest BCUT2D eigenvalue weighted by Gasteiger charge is 2.34. The van der Waals surface area contributed by atoms with Gasteiger partial charge in [-0.15, -0.1) is 0 Å². The van der Waals surface area contributed by atoms with E-state index in [4.69, 9.17) is 50.6 Å². The van der Waals surface area contributed by atoms with Crippen LogP contribution >= 0.6 is 0 Å². The van der Waals surface area contributed by atoms with Crippen molar-refractivity contribution in [1.29, 1.82) is 0 Å². The number of primary amides is 4. The van der Waals surface area contributed by atoms with Crippen LogP contribution in [0.15, 0.2) is 176 Å². The van der Waals surface area contributed by atoms with Crippen LogP contribution in [0.5, 0.6) is 0 Å². The summed E-state index contributed by atoms with van der Waals surface area (Å²) in [4.78, 5) is 97.5. The standard InChI is InChI=1S/C25H28FN5O3.C24H29N5O2.C22H21F4N5O2.C22H22F3N5O2/c1-14-3-8-19(26)11-20(14)25(33)29-12-16-4-6-17(7-5-16)22-21(24(28)32)23(27)31(30-22)15(2)18-9-10-34-13-18;1-14(2)16(4)29-22(25)20(23(26)30)21(28-29)18-11-9-17(10-12-18)13-27-24(31)19-8-6-5-7-15(19)3;1-12-2-7-15(23)10-16(12)21(33)29-11-13-3-5-14(6-4-13)18-17(20(28)32)19(27)31(30-18)9-8-22(24,25)26;1-11-3-8-15(23)9-16(11)22(32)28-10-13-4-6-14(7-5-13)18-17(21(27)31)20(26)30(29-18)12(2)19(24)25/h3-8,11,15,18H,9-10,12-13,27H2,1-2H3,(H2,28,32)(H,29,33);5-12,14,16H,13,25H2,1-4H3,(H2,26,30)(H,27,31);2-7,10H,8-9,11,27H2,1H3,(H2,28,32)(H,29,33);3-9,12,19H,10,26H2,1-2H3,(H2,27,31)(H,28,32). The second-order valence-corrected chi connectivity index (χ2v) is 31.4. The zero-order valence-corrected chi connectivity index (χ0v) is 72.5. The third-order valence-corrected chi connectivity index (χ3v) is 22.0. The third-order valence-electron chi connectivity index (χ3n) is 22.0. The molecule has 1 aliphatic rings. The van der Waals surface area contributed by atoms with Crippen molar-refractivity contribution in [2.24, 2.45) is 34.8 Å². The Morgan fingerprint density at radius 3 is 1.04 bits per heavy atom. The van der Waals surface area contributed by atoms with E-state index in [0.717, 1.165) is 44.1 Å². The number of nitrogen functional groups attached to an aromatic ring is 4. The number of aromatic nitrogens is 8. The molecule has 37 heteroatoms. The Labute approximate surface area is 742 Å². The predicted octanol–water partition coefficient (Wildman–Crippen LogP) is 13.9. The number of anilines is 4. The average molecular weight is 1790 g/mol. The van der Waals surface area contributed by atoms with Crippen molar-refractivity contribution in [2.75, 3.05) is 36.1 Å². The molecule has 4 aromatic heterocycles. The van der Waals surface area contributed by atoms with Gasteiger partial charge >= 0.3 is 6.18 Å². The largest absolute Gasteiger partial charge is 0.390 e. The molecule has 0 bridgehead atoms. The van der Waals surface area contributed by atoms with Gasteiger partial charge in [0.05, 0.1) is 31.7 Å². The molecule has 0 aliphatic carbocycles. The molecule has 1 saturated heterocycles. The summed E-state index contributed by atoms with van der Waals surface area (Å²) in [5.41, 5.74) is 57.1. The van der Waals surface area contributed by atoms with Gasteiger partial charge in [0.2, 0.25) is 0 Å². The summed E-state index contributed by atoms with van der Waals surface area (Å²) in [6, 6.07) is 45.8. The normalized spacial score (nSPS) is 13.0. The van der Waals surface area contributed by atoms with E-state index in [2.05, 4.69) is 55.5 Å². The van der Waals surface area contributed by atoms with E-state index in [1.54, 1.807) is 103 Å². The highest BCUT2D eigenvalue weighted by Crippen LogP contribution is 2.37. The van der Waals surface area contributed by atoms with Gasteiger partial charge in [0, 0.05) is 83.2 Å². The van der Waals surface area contributed by atoms with Crippen molar-refractivity contribution in [3.8, 4) is 45.0 Å². The molecule has 1 aliphatic heterocycles. The van der Waals surface area contributed by atoms with Gasteiger partial charge in [-0.3, -0.25) is 38.4 Å². The maximum Gasteiger partial charge on any atom is 0.390 e. The Hall–Kier alpha value is -15.0. The van der Waals surface area contributed by atoms with Crippen LogP contribution in [-0.2, 0) is 37.5 Å². The number of hydrogen-bond donors (Lipinski definition) is 12. The van der Waals surface area contributed by atoms with Gasteiger partial charge in [0.15, 0.2) is 0 Å². The number of benzene rings is 8. The number of carbonyl (C=O) groups excluding carboxylic acids is 8. The van der Waals surface area contributed by atoms with E-state index in [1.807, 2.05) is 75.4 Å². The molecule has 1 fully saturated rings. The van der Waals surface area contributed by atoms with Crippen molar-refractivity contribution in [3.63, 3.8) is 0 Å². The predicted molar refractivity (Wildman–Crippen MR) is 476 cm³/mol. The van der Waals surface area contributed by atoms with E-state index in [0.29, 0.717) is 86.8 Å². The van der Waals surface area contributed by atoms with Crippen molar-refractivity contribution in [1.82, 2.24) is 60.4 Å². The van der Waals surface area contributed by atoms with E-state index < -0.39 is 84.5 Å². The molecule has 20 N–H and O–H groups in total. The van der Waals surface area contributed by atoms with Crippen LogP contribution in [0.3, 0.4) is 0 Å². The lowest BCUT2D eigenvalue weighted by molar-refractivity contribution is -0.137. The van der Waals surface area contributed by atoms with Crippen molar-refractivity contribution in [2.45, 2.75) is 139 Å². The lowest BCUT2D eigenvalue weighted by Gasteiger charge is -2.19. The number of alkyl halides is 5. The van der Waals surface area contributed by atoms with Crippen LogP contribution in [0.25, 0.3) is 45.0 Å². The molecule has 0 saturated carbocycles. The lowest BCUT2D eigenvalue weighted by atomic mass is 10.0. The topological polar surface area (TPSA) is 473 Å². The quantitative estimate of drug-likeness (QED) is 0.0203. The molecule has 29 nitrogen and oxygen atoms in total. The number of hydrogen-bond acceptors (Lipinski definition) is 17. The van der Waals surface area contributed by atoms with Crippen molar-refractivity contribution < 1.29 is 78.2 Å². The molecular weight excluding hydrogens is 1690 g/mol. The van der Waals surface area contributed by atoms with Gasteiger partial charge in [0.1, 0.15) is 91.8 Å². The average Bonchev–Trinajstić information content (AvgIpc) is 1.64. The molecule has 12 aromatic rings. The number of nitrogens with one attached hydrogen (secondary N) is 4. The highest BCUT2D eigenvalue weighted by molar-refractivity contribution is 6.06. The second kappa shape index (κ2) is 42.5. The van der Waals surface area contributed by atoms with E-state index >= 15 is 0 Å². The number of halogens is 8. The van der Waals surface area contributed by atoms with Gasteiger partial charge < -0.3 is 71.9 Å². The molecule has 8 amide bonds. The molecule has 682 valence electrons. The van der Waals surface area contributed by atoms with Crippen LogP contribution in [0.4, 0.5) is 58.4 Å². The zero-order chi connectivity index (χ0) is 95.0. The van der Waals surface area contributed by atoms with Crippen LogP contribution < -0.4 is 67.1 Å². The number of amides is 8. The second-order valence-electron chi connectivity index (χ2n) is 31.4. The molecule has 4 atom stereocenters. The number of carbonyl (C=O) groups is 8. The summed E-state index contributed by atoms with van der Waals surface area (Å²) < 4.78 is 115. The molecule has 8 aromatic carbocycles. The molecule has 0 spiro atoms. The van der Waals surface area contributed by atoms with Gasteiger partial charge in [-0.2, -0.15) is 33.6 Å². The van der Waals surface area contributed by atoms with Gasteiger partial charge in [-0.05, 0) is 148 Å². The van der Waals surface area contributed by atoms with Crippen LogP contribution in [-0.4, -0.2) is 112 Å². The number of nitrogens with zero attached hydrogens (tertiary/aromatic N) is 8. The molecule has 0 radical (unpaired) electrons. The Morgan fingerprint density at radius 2 is 0.723 bits per heavy atom. The SMILES string of the molecule is Cc1ccc(F)cc1C(=O)NCc1ccc(-c2nn(C(C)C(F)F)c(N)c2C(N)=O)cc1.Cc1ccc(F)cc1C(=O)NCc1ccc(-c2nn(C(C)C3CCOC3)c(N)c2C(N)=O)cc1.Cc1ccc(F)cc1C(=O)NCc1ccc(-c2nn(CCC(F)(F)F)c(N)c2C(N)=O)cc1.Cc1ccccc1C(=O)NCc1ccc(-c2nn(C(C)C(C)C)c(N)c2C(N)=O)cc1. The first kappa shape index (κ1) is 97.2. The maximum absolute atomic E-state index is 13.5. The Kier molecular flexibility index (Phi) is 31.8. The minimum atomic E-state index is -4.42. The Balaban J connectivity index is 0.000000180. The summed E-state index contributed by atoms with van der Waals surface area (Å²) in [5, 5.41) is 28.5. The summed E-state index contributed by atoms with van der Waals surface area (Å²) >= 11 is 0. The number of nitrogens with two attached hydrogens (primary N) is 8. The maximum atomic E-state index is 13.5. The summed E-state index contributed by atoms with van der Waals surface area (Å²) in [5.74, 6) is -5.29. The monoisotopic (exact) mass is 1790 g/mol. The van der Waals surface area contributed by atoms with Gasteiger partial charge in [-0.1, -0.05) is 147 Å². The lowest BCUT2D eigenvalue weighted by Crippen LogP contribution is -2.23. The molecule has 130 heavy (non-hydrogen) atoms. The minimum absolute atomic E-state index is 0.0165. The van der Waals surface area contributed by atoms with E-state index in [-0.39, 0.29) is 123 Å². The fourth-order valence-corrected chi connectivity index (χ4v) is 14.0. The van der Waals surface area contributed by atoms with Crippen LogP contribution in [0, 0.1) is 57.0 Å². The number of ether oxygens (including phenoxy) is 1. The number of rotatable bonds is 28. The van der Waals surface area contributed by atoms with Gasteiger partial charge in [-0.25, -0.2) is 40.7 Å². The molecule has 4 unspecified atom stereocenters. The highest BCUT2D eigenvalue weighted by atomic mass is 19.4. The zero-order valence-electron chi connectivity index (χ0n) is 72.5.